The third-order valence-corrected chi connectivity index (χ3v) is 5.90. The van der Waals surface area contributed by atoms with E-state index in [1.54, 1.807) is 0 Å². The zero-order valence-electron chi connectivity index (χ0n) is 29.7. The van der Waals surface area contributed by atoms with Crippen LogP contribution in [0.2, 0.25) is 0 Å². The summed E-state index contributed by atoms with van der Waals surface area (Å²) < 4.78 is 0. The summed E-state index contributed by atoms with van der Waals surface area (Å²) in [6.45, 7) is 32.0. The third-order valence-electron chi connectivity index (χ3n) is 5.90. The Labute approximate surface area is 257 Å². The van der Waals surface area contributed by atoms with Gasteiger partial charge >= 0.3 is 0 Å². The predicted octanol–water partition coefficient (Wildman–Crippen LogP) is 14.2. The van der Waals surface area contributed by atoms with E-state index in [1.807, 2.05) is 111 Å². The Kier molecular flexibility index (Phi) is 26.7. The van der Waals surface area contributed by atoms with Crippen LogP contribution in [0.3, 0.4) is 0 Å². The van der Waals surface area contributed by atoms with Gasteiger partial charge in [-0.1, -0.05) is 208 Å². The molecule has 0 saturated heterocycles. The molecule has 0 radical (unpaired) electrons. The molecule has 41 heavy (non-hydrogen) atoms. The first-order valence-corrected chi connectivity index (χ1v) is 16.8. The highest BCUT2D eigenvalue weighted by molar-refractivity contribution is 5.94. The van der Waals surface area contributed by atoms with E-state index in [-0.39, 0.29) is 5.41 Å². The molecule has 4 aromatic carbocycles. The first-order valence-electron chi connectivity index (χ1n) is 16.8. The fourth-order valence-electron chi connectivity index (χ4n) is 5.05. The van der Waals surface area contributed by atoms with E-state index in [1.165, 1.54) is 44.5 Å². The second-order valence-electron chi connectivity index (χ2n) is 6.93. The molecule has 4 aromatic rings. The second kappa shape index (κ2) is 25.8. The summed E-state index contributed by atoms with van der Waals surface area (Å²) in [5, 5.41) is 0. The Morgan fingerprint density at radius 2 is 0.390 bits per heavy atom. The average molecular weight is 557 g/mol. The molecular formula is C41H64. The summed E-state index contributed by atoms with van der Waals surface area (Å²) in [5.41, 5.74) is 10.9. The van der Waals surface area contributed by atoms with Crippen molar-refractivity contribution in [3.8, 4) is 22.3 Å². The quantitative estimate of drug-likeness (QED) is 0.174. The predicted molar refractivity (Wildman–Crippen MR) is 194 cm³/mol. The van der Waals surface area contributed by atoms with Crippen molar-refractivity contribution < 1.29 is 0 Å². The highest BCUT2D eigenvalue weighted by Gasteiger charge is 2.51. The fourth-order valence-corrected chi connectivity index (χ4v) is 5.05. The summed E-state index contributed by atoms with van der Waals surface area (Å²) >= 11 is 0. The van der Waals surface area contributed by atoms with Crippen LogP contribution in [0.4, 0.5) is 0 Å². The van der Waals surface area contributed by atoms with E-state index < -0.39 is 0 Å². The molecule has 6 rings (SSSR count). The molecule has 0 nitrogen and oxygen atoms in total. The molecule has 0 saturated carbocycles. The maximum Gasteiger partial charge on any atom is 0.0725 e. The van der Waals surface area contributed by atoms with Gasteiger partial charge in [0, 0.05) is 0 Å². The molecule has 0 heterocycles. The molecule has 0 fully saturated rings. The van der Waals surface area contributed by atoms with E-state index in [0.29, 0.717) is 0 Å². The first-order chi connectivity index (χ1) is 20.4. The lowest BCUT2D eigenvalue weighted by atomic mass is 9.70. The number of rotatable bonds is 0. The third kappa shape index (κ3) is 8.45. The first kappa shape index (κ1) is 42.3. The molecule has 0 unspecified atom stereocenters. The van der Waals surface area contributed by atoms with Gasteiger partial charge < -0.3 is 0 Å². The second-order valence-corrected chi connectivity index (χ2v) is 6.93. The maximum absolute atomic E-state index is 2.31. The Morgan fingerprint density at radius 3 is 0.561 bits per heavy atom. The van der Waals surface area contributed by atoms with Gasteiger partial charge in [-0.25, -0.2) is 0 Å². The van der Waals surface area contributed by atoms with E-state index in [2.05, 4.69) is 97.1 Å². The molecule has 1 spiro atoms. The average Bonchev–Trinajstić information content (AvgIpc) is 3.59. The highest BCUT2D eigenvalue weighted by Crippen LogP contribution is 2.62. The fraction of sp³-hybridized carbons (Fsp3) is 0.415. The molecule has 0 bridgehead atoms. The molecule has 0 atom stereocenters. The SMILES string of the molecule is CC.CC.CC.CC.CC.CC.CC.CC.c1ccc2c(c1)-c1ccccc1C21c2ccccc2-c2ccccc21. The molecule has 2 aliphatic rings. The normalized spacial score (nSPS) is 10.1. The van der Waals surface area contributed by atoms with Gasteiger partial charge in [-0.05, 0) is 44.5 Å². The highest BCUT2D eigenvalue weighted by atomic mass is 14.5. The summed E-state index contributed by atoms with van der Waals surface area (Å²) in [6, 6.07) is 35.7. The van der Waals surface area contributed by atoms with Crippen LogP contribution in [-0.2, 0) is 5.41 Å². The zero-order valence-corrected chi connectivity index (χ0v) is 29.7. The Morgan fingerprint density at radius 1 is 0.244 bits per heavy atom. The van der Waals surface area contributed by atoms with Crippen molar-refractivity contribution in [2.75, 3.05) is 0 Å². The van der Waals surface area contributed by atoms with Crippen molar-refractivity contribution in [1.82, 2.24) is 0 Å². The van der Waals surface area contributed by atoms with Gasteiger partial charge in [0.1, 0.15) is 0 Å². The molecule has 0 amide bonds. The van der Waals surface area contributed by atoms with Gasteiger partial charge in [0.05, 0.1) is 5.41 Å². The van der Waals surface area contributed by atoms with Crippen LogP contribution in [0, 0.1) is 0 Å². The minimum Gasteiger partial charge on any atom is -0.0683 e. The summed E-state index contributed by atoms with van der Waals surface area (Å²) in [5.74, 6) is 0. The van der Waals surface area contributed by atoms with E-state index >= 15 is 0 Å². The van der Waals surface area contributed by atoms with Crippen LogP contribution >= 0.6 is 0 Å². The summed E-state index contributed by atoms with van der Waals surface area (Å²) in [4.78, 5) is 0. The monoisotopic (exact) mass is 557 g/mol. The van der Waals surface area contributed by atoms with Crippen LogP contribution < -0.4 is 0 Å². The van der Waals surface area contributed by atoms with Gasteiger partial charge in [0.25, 0.3) is 0 Å². The van der Waals surface area contributed by atoms with Crippen molar-refractivity contribution in [3.63, 3.8) is 0 Å². The lowest BCUT2D eigenvalue weighted by molar-refractivity contribution is 0.794. The molecule has 0 N–H and O–H groups in total. The van der Waals surface area contributed by atoms with Gasteiger partial charge in [-0.15, -0.1) is 0 Å². The standard InChI is InChI=1S/C25H16.8C2H6/c1-5-13-21-17(9-1)18-10-2-6-14-22(18)25(21)23-15-7-3-11-19(23)20-12-4-8-16-24(20)25;8*1-2/h1-16H;8*1-2H3. The lowest BCUT2D eigenvalue weighted by Gasteiger charge is -2.30. The maximum atomic E-state index is 2.31. The molecular weight excluding hydrogens is 492 g/mol. The Bertz CT molecular complexity index is 962. The zero-order chi connectivity index (χ0) is 32.4. The summed E-state index contributed by atoms with van der Waals surface area (Å²) in [7, 11) is 0. The van der Waals surface area contributed by atoms with E-state index in [0.717, 1.165) is 0 Å². The van der Waals surface area contributed by atoms with Crippen molar-refractivity contribution in [3.05, 3.63) is 119 Å². The van der Waals surface area contributed by atoms with Crippen molar-refractivity contribution >= 4 is 0 Å². The van der Waals surface area contributed by atoms with Crippen molar-refractivity contribution in [2.45, 2.75) is 116 Å². The number of fused-ring (bicyclic) bond motifs is 10. The molecule has 228 valence electrons. The van der Waals surface area contributed by atoms with Crippen LogP contribution in [-0.4, -0.2) is 0 Å². The van der Waals surface area contributed by atoms with E-state index in [4.69, 9.17) is 0 Å². The topological polar surface area (TPSA) is 0 Å². The van der Waals surface area contributed by atoms with Crippen LogP contribution in [0.15, 0.2) is 97.1 Å². The van der Waals surface area contributed by atoms with Crippen LogP contribution in [0.5, 0.6) is 0 Å². The van der Waals surface area contributed by atoms with Crippen molar-refractivity contribution in [2.24, 2.45) is 0 Å². The van der Waals surface area contributed by atoms with Gasteiger partial charge in [0.2, 0.25) is 0 Å². The number of hydrogen-bond acceptors (Lipinski definition) is 0. The number of benzene rings is 4. The lowest BCUT2D eigenvalue weighted by Crippen LogP contribution is -2.25. The van der Waals surface area contributed by atoms with Gasteiger partial charge in [0.15, 0.2) is 0 Å². The smallest absolute Gasteiger partial charge is 0.0683 e. The summed E-state index contributed by atoms with van der Waals surface area (Å²) in [6.07, 6.45) is 0. The number of hydrogen-bond donors (Lipinski definition) is 0. The van der Waals surface area contributed by atoms with E-state index in [9.17, 15) is 0 Å². The molecule has 0 aliphatic heterocycles. The minimum atomic E-state index is -0.180. The molecule has 2 aliphatic carbocycles. The van der Waals surface area contributed by atoms with Crippen LogP contribution in [0.25, 0.3) is 22.3 Å². The largest absolute Gasteiger partial charge is 0.0725 e. The molecule has 0 aromatic heterocycles. The molecule has 0 heteroatoms. The van der Waals surface area contributed by atoms with Gasteiger partial charge in [-0.3, -0.25) is 0 Å². The minimum absolute atomic E-state index is 0.180. The Hall–Kier alpha value is -3.12. The Balaban J connectivity index is -0.000000790. The van der Waals surface area contributed by atoms with Crippen LogP contribution in [0.1, 0.15) is 133 Å². The van der Waals surface area contributed by atoms with Gasteiger partial charge in [-0.2, -0.15) is 0 Å². The van der Waals surface area contributed by atoms with Crippen molar-refractivity contribution in [1.29, 1.82) is 0 Å².